The first kappa shape index (κ1) is 17.3. The normalized spacial score (nSPS) is 10.5. The number of hydrogen-bond donors (Lipinski definition) is 1. The third kappa shape index (κ3) is 4.13. The Balaban J connectivity index is 1.75. The van der Waals surface area contributed by atoms with Crippen molar-refractivity contribution in [2.45, 2.75) is 0 Å². The number of aromatic nitrogens is 1. The van der Waals surface area contributed by atoms with Crippen molar-refractivity contribution < 1.29 is 14.3 Å². The van der Waals surface area contributed by atoms with Crippen LogP contribution in [0.3, 0.4) is 0 Å². The zero-order valence-corrected chi connectivity index (χ0v) is 14.8. The molecular weight excluding hydrogens is 363 g/mol. The lowest BCUT2D eigenvalue weighted by atomic mass is 10.2. The summed E-state index contributed by atoms with van der Waals surface area (Å²) < 4.78 is 10.7. The van der Waals surface area contributed by atoms with Gasteiger partial charge < -0.3 is 14.8 Å². The number of hydrogen-bond acceptors (Lipinski definition) is 4. The molecule has 0 saturated carbocycles. The molecule has 3 rings (SSSR count). The molecule has 0 atom stereocenters. The van der Waals surface area contributed by atoms with Gasteiger partial charge in [-0.1, -0.05) is 29.3 Å². The van der Waals surface area contributed by atoms with Crippen molar-refractivity contribution in [3.8, 4) is 11.5 Å². The zero-order valence-electron chi connectivity index (χ0n) is 13.3. The summed E-state index contributed by atoms with van der Waals surface area (Å²) in [6.45, 7) is -0.201. The molecule has 3 aromatic rings. The second kappa shape index (κ2) is 7.59. The van der Waals surface area contributed by atoms with E-state index in [4.69, 9.17) is 32.7 Å². The molecule has 1 N–H and O–H groups in total. The van der Waals surface area contributed by atoms with Gasteiger partial charge >= 0.3 is 0 Å². The number of rotatable bonds is 5. The molecule has 1 amide bonds. The maximum absolute atomic E-state index is 12.2. The van der Waals surface area contributed by atoms with Crippen LogP contribution in [0.2, 0.25) is 10.0 Å². The predicted octanol–water partition coefficient (Wildman–Crippen LogP) is 4.57. The van der Waals surface area contributed by atoms with Gasteiger partial charge in [0.2, 0.25) is 0 Å². The molecule has 0 unspecified atom stereocenters. The minimum atomic E-state index is -0.341. The van der Waals surface area contributed by atoms with Crippen molar-refractivity contribution in [2.75, 3.05) is 19.0 Å². The first-order chi connectivity index (χ1) is 12.1. The number of amides is 1. The van der Waals surface area contributed by atoms with Gasteiger partial charge in [-0.05, 0) is 30.3 Å². The molecule has 128 valence electrons. The predicted molar refractivity (Wildman–Crippen MR) is 98.9 cm³/mol. The van der Waals surface area contributed by atoms with Crippen LogP contribution >= 0.6 is 23.2 Å². The Kier molecular flexibility index (Phi) is 5.26. The van der Waals surface area contributed by atoms with Crippen LogP contribution in [-0.4, -0.2) is 24.6 Å². The molecule has 0 aliphatic rings. The van der Waals surface area contributed by atoms with E-state index >= 15 is 0 Å². The Labute approximate surface area is 154 Å². The van der Waals surface area contributed by atoms with E-state index in [1.165, 1.54) is 0 Å². The topological polar surface area (TPSA) is 60.5 Å². The fourth-order valence-electron chi connectivity index (χ4n) is 2.30. The van der Waals surface area contributed by atoms with Gasteiger partial charge in [0.05, 0.1) is 23.3 Å². The molecule has 2 aromatic carbocycles. The lowest BCUT2D eigenvalue weighted by molar-refractivity contribution is -0.118. The van der Waals surface area contributed by atoms with Gasteiger partial charge in [-0.25, -0.2) is 0 Å². The smallest absolute Gasteiger partial charge is 0.262 e. The molecule has 5 nitrogen and oxygen atoms in total. The van der Waals surface area contributed by atoms with Gasteiger partial charge in [0.15, 0.2) is 6.61 Å². The van der Waals surface area contributed by atoms with Crippen LogP contribution in [0, 0.1) is 0 Å². The highest BCUT2D eigenvalue weighted by Crippen LogP contribution is 2.29. The third-order valence-electron chi connectivity index (χ3n) is 3.44. The molecule has 7 heteroatoms. The minimum Gasteiger partial charge on any atom is -0.497 e. The average molecular weight is 377 g/mol. The molecule has 0 radical (unpaired) electrons. The minimum absolute atomic E-state index is 0.201. The van der Waals surface area contributed by atoms with E-state index in [1.54, 1.807) is 37.6 Å². The van der Waals surface area contributed by atoms with Crippen LogP contribution in [0.15, 0.2) is 48.7 Å². The fraction of sp³-hybridized carbons (Fsp3) is 0.111. The molecule has 1 aromatic heterocycles. The Morgan fingerprint density at radius 1 is 1.20 bits per heavy atom. The number of pyridine rings is 1. The van der Waals surface area contributed by atoms with E-state index in [9.17, 15) is 4.79 Å². The number of methoxy groups -OCH3 is 1. The SMILES string of the molecule is COc1cc(NC(=O)COc2ccc(Cl)cc2Cl)c2ncccc2c1. The Morgan fingerprint density at radius 3 is 2.80 bits per heavy atom. The molecular formula is C18H14Cl2N2O3. The Morgan fingerprint density at radius 2 is 2.04 bits per heavy atom. The number of nitrogens with zero attached hydrogens (tertiary/aromatic N) is 1. The summed E-state index contributed by atoms with van der Waals surface area (Å²) >= 11 is 11.9. The number of nitrogens with one attached hydrogen (secondary N) is 1. The van der Waals surface area contributed by atoms with E-state index in [1.807, 2.05) is 18.2 Å². The summed E-state index contributed by atoms with van der Waals surface area (Å²) in [6, 6.07) is 12.1. The number of carbonyl (C=O) groups excluding carboxylic acids is 1. The number of fused-ring (bicyclic) bond motifs is 1. The highest BCUT2D eigenvalue weighted by Gasteiger charge is 2.11. The highest BCUT2D eigenvalue weighted by atomic mass is 35.5. The van der Waals surface area contributed by atoms with Crippen LogP contribution in [0.5, 0.6) is 11.5 Å². The zero-order chi connectivity index (χ0) is 17.8. The van der Waals surface area contributed by atoms with Crippen molar-refractivity contribution in [1.29, 1.82) is 0 Å². The lowest BCUT2D eigenvalue weighted by Gasteiger charge is -2.11. The number of carbonyl (C=O) groups is 1. The first-order valence-electron chi connectivity index (χ1n) is 7.37. The lowest BCUT2D eigenvalue weighted by Crippen LogP contribution is -2.20. The maximum Gasteiger partial charge on any atom is 0.262 e. The van der Waals surface area contributed by atoms with Crippen LogP contribution in [0.4, 0.5) is 5.69 Å². The Bertz CT molecular complexity index is 931. The van der Waals surface area contributed by atoms with Crippen molar-refractivity contribution in [1.82, 2.24) is 4.98 Å². The Hall–Kier alpha value is -2.50. The van der Waals surface area contributed by atoms with E-state index in [0.29, 0.717) is 32.7 Å². The van der Waals surface area contributed by atoms with Crippen LogP contribution < -0.4 is 14.8 Å². The number of halogens is 2. The number of anilines is 1. The summed E-state index contributed by atoms with van der Waals surface area (Å²) in [4.78, 5) is 16.5. The fourth-order valence-corrected chi connectivity index (χ4v) is 2.76. The molecule has 0 aliphatic carbocycles. The summed E-state index contributed by atoms with van der Waals surface area (Å²) in [5, 5.41) is 4.48. The third-order valence-corrected chi connectivity index (χ3v) is 3.97. The van der Waals surface area contributed by atoms with Crippen molar-refractivity contribution in [3.05, 3.63) is 58.7 Å². The van der Waals surface area contributed by atoms with Gasteiger partial charge in [-0.2, -0.15) is 0 Å². The maximum atomic E-state index is 12.2. The average Bonchev–Trinajstić information content (AvgIpc) is 2.60. The van der Waals surface area contributed by atoms with E-state index < -0.39 is 0 Å². The van der Waals surface area contributed by atoms with Gasteiger partial charge in [0, 0.05) is 22.7 Å². The van der Waals surface area contributed by atoms with Crippen LogP contribution in [0.25, 0.3) is 10.9 Å². The van der Waals surface area contributed by atoms with Crippen molar-refractivity contribution in [2.24, 2.45) is 0 Å². The van der Waals surface area contributed by atoms with E-state index in [2.05, 4.69) is 10.3 Å². The molecule has 0 fully saturated rings. The molecule has 25 heavy (non-hydrogen) atoms. The summed E-state index contributed by atoms with van der Waals surface area (Å²) in [5.74, 6) is 0.665. The quantitative estimate of drug-likeness (QED) is 0.708. The van der Waals surface area contributed by atoms with Crippen molar-refractivity contribution in [3.63, 3.8) is 0 Å². The highest BCUT2D eigenvalue weighted by molar-refractivity contribution is 6.35. The summed E-state index contributed by atoms with van der Waals surface area (Å²) in [6.07, 6.45) is 1.66. The van der Waals surface area contributed by atoms with Crippen LogP contribution in [0.1, 0.15) is 0 Å². The first-order valence-corrected chi connectivity index (χ1v) is 8.13. The van der Waals surface area contributed by atoms with E-state index in [-0.39, 0.29) is 12.5 Å². The van der Waals surface area contributed by atoms with E-state index in [0.717, 1.165) is 5.39 Å². The number of benzene rings is 2. The van der Waals surface area contributed by atoms with Gasteiger partial charge in [-0.15, -0.1) is 0 Å². The monoisotopic (exact) mass is 376 g/mol. The molecule has 0 bridgehead atoms. The second-order valence-electron chi connectivity index (χ2n) is 5.16. The van der Waals surface area contributed by atoms with Gasteiger partial charge in [-0.3, -0.25) is 9.78 Å². The summed E-state index contributed by atoms with van der Waals surface area (Å²) in [5.41, 5.74) is 1.21. The summed E-state index contributed by atoms with van der Waals surface area (Å²) in [7, 11) is 1.56. The van der Waals surface area contributed by atoms with Gasteiger partial charge in [0.1, 0.15) is 11.5 Å². The second-order valence-corrected chi connectivity index (χ2v) is 6.01. The van der Waals surface area contributed by atoms with Crippen molar-refractivity contribution >= 4 is 45.7 Å². The van der Waals surface area contributed by atoms with Gasteiger partial charge in [0.25, 0.3) is 5.91 Å². The number of ether oxygens (including phenoxy) is 2. The standard InChI is InChI=1S/C18H14Cl2N2O3/c1-24-13-7-11-3-2-6-21-18(11)15(9-13)22-17(23)10-25-16-5-4-12(19)8-14(16)20/h2-9H,10H2,1H3,(H,22,23). The molecule has 0 saturated heterocycles. The molecule has 1 heterocycles. The molecule has 0 aliphatic heterocycles. The largest absolute Gasteiger partial charge is 0.497 e. The van der Waals surface area contributed by atoms with Crippen LogP contribution in [-0.2, 0) is 4.79 Å². The molecule has 0 spiro atoms.